The Bertz CT molecular complexity index is 251. The normalized spacial score (nSPS) is 41.6. The smallest absolute Gasteiger partial charge is 0.0469 e. The van der Waals surface area contributed by atoms with E-state index in [1.807, 2.05) is 0 Å². The molecule has 0 amide bonds. The van der Waals surface area contributed by atoms with Crippen LogP contribution in [0.3, 0.4) is 0 Å². The Morgan fingerprint density at radius 2 is 1.65 bits per heavy atom. The van der Waals surface area contributed by atoms with Crippen LogP contribution < -0.4 is 5.73 Å². The van der Waals surface area contributed by atoms with Gasteiger partial charge in [-0.05, 0) is 51.4 Å². The summed E-state index contributed by atoms with van der Waals surface area (Å²) < 4.78 is 5.49. The summed E-state index contributed by atoms with van der Waals surface area (Å²) in [7, 11) is 0. The summed E-state index contributed by atoms with van der Waals surface area (Å²) in [6.45, 7) is 4.38. The van der Waals surface area contributed by atoms with Gasteiger partial charge in [0.1, 0.15) is 0 Å². The Labute approximate surface area is 105 Å². The average Bonchev–Trinajstić information content (AvgIpc) is 2.62. The summed E-state index contributed by atoms with van der Waals surface area (Å²) in [6, 6.07) is 2.76. The summed E-state index contributed by atoms with van der Waals surface area (Å²) in [4.78, 5) is 2.82. The molecule has 3 atom stereocenters. The van der Waals surface area contributed by atoms with E-state index in [2.05, 4.69) is 11.8 Å². The van der Waals surface area contributed by atoms with Crippen molar-refractivity contribution in [3.8, 4) is 0 Å². The number of rotatable bonds is 2. The molecule has 3 heterocycles. The third-order valence-corrected chi connectivity index (χ3v) is 5.24. The van der Waals surface area contributed by atoms with Crippen LogP contribution in [0.1, 0.15) is 45.4 Å². The van der Waals surface area contributed by atoms with E-state index in [0.717, 1.165) is 37.3 Å². The molecule has 2 bridgehead atoms. The van der Waals surface area contributed by atoms with Crippen LogP contribution >= 0.6 is 0 Å². The van der Waals surface area contributed by atoms with Crippen molar-refractivity contribution in [3.63, 3.8) is 0 Å². The van der Waals surface area contributed by atoms with Crippen molar-refractivity contribution in [2.45, 2.75) is 69.6 Å². The number of ether oxygens (including phenoxy) is 1. The minimum absolute atomic E-state index is 0.464. The molecule has 3 saturated heterocycles. The number of hydrogen-bond donors (Lipinski definition) is 1. The first-order valence-electron chi connectivity index (χ1n) is 7.36. The van der Waals surface area contributed by atoms with Gasteiger partial charge in [-0.2, -0.15) is 0 Å². The van der Waals surface area contributed by atoms with Gasteiger partial charge in [-0.25, -0.2) is 0 Å². The maximum Gasteiger partial charge on any atom is 0.0469 e. The van der Waals surface area contributed by atoms with E-state index < -0.39 is 0 Å². The highest BCUT2D eigenvalue weighted by atomic mass is 16.5. The lowest BCUT2D eigenvalue weighted by Crippen LogP contribution is -2.53. The van der Waals surface area contributed by atoms with Gasteiger partial charge in [0.2, 0.25) is 0 Å². The lowest BCUT2D eigenvalue weighted by atomic mass is 9.87. The molecule has 0 aliphatic carbocycles. The minimum atomic E-state index is 0.464. The van der Waals surface area contributed by atoms with E-state index in [0.29, 0.717) is 6.04 Å². The van der Waals surface area contributed by atoms with Crippen LogP contribution in [-0.4, -0.2) is 42.3 Å². The fourth-order valence-electron chi connectivity index (χ4n) is 4.36. The molecule has 0 radical (unpaired) electrons. The first-order valence-corrected chi connectivity index (χ1v) is 7.36. The van der Waals surface area contributed by atoms with Gasteiger partial charge in [0, 0.05) is 37.4 Å². The molecule has 0 aromatic carbocycles. The second kappa shape index (κ2) is 4.87. The zero-order chi connectivity index (χ0) is 11.8. The molecule has 3 unspecified atom stereocenters. The van der Waals surface area contributed by atoms with Crippen LogP contribution in [0, 0.1) is 5.92 Å². The number of fused-ring (bicyclic) bond motifs is 2. The first-order chi connectivity index (χ1) is 8.25. The van der Waals surface area contributed by atoms with Crippen LogP contribution in [0.15, 0.2) is 0 Å². The zero-order valence-corrected chi connectivity index (χ0v) is 11.0. The molecule has 3 fully saturated rings. The molecule has 3 rings (SSSR count). The van der Waals surface area contributed by atoms with Gasteiger partial charge >= 0.3 is 0 Å². The average molecular weight is 238 g/mol. The third kappa shape index (κ3) is 2.25. The maximum absolute atomic E-state index is 6.15. The highest BCUT2D eigenvalue weighted by molar-refractivity contribution is 4.99. The van der Waals surface area contributed by atoms with E-state index in [1.165, 1.54) is 38.5 Å². The summed E-state index contributed by atoms with van der Waals surface area (Å²) in [5.74, 6) is 0.848. The van der Waals surface area contributed by atoms with Gasteiger partial charge in [-0.15, -0.1) is 0 Å². The molecule has 0 aromatic heterocycles. The Morgan fingerprint density at radius 3 is 2.24 bits per heavy atom. The predicted molar refractivity (Wildman–Crippen MR) is 68.9 cm³/mol. The van der Waals surface area contributed by atoms with E-state index in [-0.39, 0.29) is 0 Å². The number of hydrogen-bond acceptors (Lipinski definition) is 3. The van der Waals surface area contributed by atoms with Crippen LogP contribution in [0.4, 0.5) is 0 Å². The van der Waals surface area contributed by atoms with E-state index in [4.69, 9.17) is 10.5 Å². The second-order valence-corrected chi connectivity index (χ2v) is 6.25. The van der Waals surface area contributed by atoms with Gasteiger partial charge in [0.15, 0.2) is 0 Å². The van der Waals surface area contributed by atoms with Crippen molar-refractivity contribution in [3.05, 3.63) is 0 Å². The molecule has 3 nitrogen and oxygen atoms in total. The molecule has 0 spiro atoms. The molecular weight excluding hydrogens is 212 g/mol. The van der Waals surface area contributed by atoms with Crippen molar-refractivity contribution in [2.24, 2.45) is 11.7 Å². The summed E-state index contributed by atoms with van der Waals surface area (Å²) in [5.41, 5.74) is 6.15. The Balaban J connectivity index is 1.67. The first kappa shape index (κ1) is 11.9. The SMILES string of the molecule is CC(C1CCOCC1)N1C2CCC1CC(N)C2. The fraction of sp³-hybridized carbons (Fsp3) is 1.00. The summed E-state index contributed by atoms with van der Waals surface area (Å²) in [5, 5.41) is 0. The lowest BCUT2D eigenvalue weighted by molar-refractivity contribution is 0.00128. The van der Waals surface area contributed by atoms with Crippen LogP contribution in [0.2, 0.25) is 0 Å². The van der Waals surface area contributed by atoms with E-state index >= 15 is 0 Å². The molecule has 3 aliphatic rings. The molecule has 3 heteroatoms. The van der Waals surface area contributed by atoms with Gasteiger partial charge in [0.05, 0.1) is 0 Å². The summed E-state index contributed by atoms with van der Waals surface area (Å²) >= 11 is 0. The maximum atomic E-state index is 6.15. The monoisotopic (exact) mass is 238 g/mol. The number of nitrogens with zero attached hydrogens (tertiary/aromatic N) is 1. The zero-order valence-electron chi connectivity index (χ0n) is 11.0. The molecule has 17 heavy (non-hydrogen) atoms. The van der Waals surface area contributed by atoms with Gasteiger partial charge < -0.3 is 10.5 Å². The lowest BCUT2D eigenvalue weighted by Gasteiger charge is -2.45. The number of nitrogens with two attached hydrogens (primary N) is 1. The van der Waals surface area contributed by atoms with Crippen molar-refractivity contribution < 1.29 is 4.74 Å². The number of piperidine rings is 1. The molecule has 0 aromatic rings. The molecular formula is C14H26N2O. The predicted octanol–water partition coefficient (Wildman–Crippen LogP) is 1.76. The molecule has 3 aliphatic heterocycles. The van der Waals surface area contributed by atoms with Gasteiger partial charge in [0.25, 0.3) is 0 Å². The highest BCUT2D eigenvalue weighted by Crippen LogP contribution is 2.39. The molecule has 0 saturated carbocycles. The topological polar surface area (TPSA) is 38.5 Å². The van der Waals surface area contributed by atoms with Crippen LogP contribution in [0.25, 0.3) is 0 Å². The van der Waals surface area contributed by atoms with Gasteiger partial charge in [-0.1, -0.05) is 0 Å². The van der Waals surface area contributed by atoms with Crippen LogP contribution in [-0.2, 0) is 4.74 Å². The second-order valence-electron chi connectivity index (χ2n) is 6.25. The molecule has 98 valence electrons. The quantitative estimate of drug-likeness (QED) is 0.796. The van der Waals surface area contributed by atoms with E-state index in [1.54, 1.807) is 0 Å². The van der Waals surface area contributed by atoms with Crippen molar-refractivity contribution in [2.75, 3.05) is 13.2 Å². The Morgan fingerprint density at radius 1 is 1.06 bits per heavy atom. The minimum Gasteiger partial charge on any atom is -0.381 e. The van der Waals surface area contributed by atoms with Gasteiger partial charge in [-0.3, -0.25) is 4.90 Å². The Hall–Kier alpha value is -0.120. The van der Waals surface area contributed by atoms with Crippen molar-refractivity contribution in [1.82, 2.24) is 4.90 Å². The van der Waals surface area contributed by atoms with E-state index in [9.17, 15) is 0 Å². The molecule has 2 N–H and O–H groups in total. The Kier molecular flexibility index (Phi) is 3.42. The summed E-state index contributed by atoms with van der Waals surface area (Å²) in [6.07, 6.45) is 7.72. The van der Waals surface area contributed by atoms with Crippen LogP contribution in [0.5, 0.6) is 0 Å². The van der Waals surface area contributed by atoms with Crippen molar-refractivity contribution in [1.29, 1.82) is 0 Å². The standard InChI is InChI=1S/C14H26N2O/c1-10(11-4-6-17-7-5-11)16-13-2-3-14(16)9-12(15)8-13/h10-14H,2-9,15H2,1H3. The highest BCUT2D eigenvalue weighted by Gasteiger charge is 2.43. The third-order valence-electron chi connectivity index (χ3n) is 5.24. The van der Waals surface area contributed by atoms with Crippen molar-refractivity contribution >= 4 is 0 Å². The largest absolute Gasteiger partial charge is 0.381 e. The fourth-order valence-corrected chi connectivity index (χ4v) is 4.36.